The summed E-state index contributed by atoms with van der Waals surface area (Å²) < 4.78 is 0. The number of benzene rings is 1. The third kappa shape index (κ3) is 2.65. The SMILES string of the molecule is O=C(c1n[nH]c2c1CCC2)N1CCCC12CCCN(Cc1ccccc1)C2=O. The minimum atomic E-state index is -0.686. The monoisotopic (exact) mass is 378 g/mol. The highest BCUT2D eigenvalue weighted by Gasteiger charge is 2.53. The summed E-state index contributed by atoms with van der Waals surface area (Å²) in [7, 11) is 0. The van der Waals surface area contributed by atoms with Crippen LogP contribution in [0.25, 0.3) is 0 Å². The first kappa shape index (κ1) is 17.5. The minimum Gasteiger partial charge on any atom is -0.336 e. The van der Waals surface area contributed by atoms with Gasteiger partial charge in [-0.3, -0.25) is 14.7 Å². The fourth-order valence-corrected chi connectivity index (χ4v) is 5.30. The molecule has 2 amide bonds. The van der Waals surface area contributed by atoms with Crippen LogP contribution >= 0.6 is 0 Å². The number of likely N-dealkylation sites (tertiary alicyclic amines) is 2. The highest BCUT2D eigenvalue weighted by atomic mass is 16.2. The molecule has 1 unspecified atom stereocenters. The Morgan fingerprint density at radius 2 is 1.86 bits per heavy atom. The molecule has 2 aromatic rings. The average molecular weight is 378 g/mol. The van der Waals surface area contributed by atoms with Gasteiger partial charge >= 0.3 is 0 Å². The van der Waals surface area contributed by atoms with Gasteiger partial charge in [0.1, 0.15) is 5.54 Å². The smallest absolute Gasteiger partial charge is 0.275 e. The molecule has 1 aromatic carbocycles. The van der Waals surface area contributed by atoms with Crippen LogP contribution in [0.4, 0.5) is 0 Å². The van der Waals surface area contributed by atoms with Crippen molar-refractivity contribution in [2.45, 2.75) is 57.0 Å². The Hall–Kier alpha value is -2.63. The van der Waals surface area contributed by atoms with Gasteiger partial charge in [-0.25, -0.2) is 0 Å². The van der Waals surface area contributed by atoms with Gasteiger partial charge in [-0.1, -0.05) is 30.3 Å². The molecule has 3 aliphatic rings. The van der Waals surface area contributed by atoms with Gasteiger partial charge in [-0.15, -0.1) is 0 Å². The number of H-pyrrole nitrogens is 1. The number of carbonyl (C=O) groups excluding carboxylic acids is 2. The predicted octanol–water partition coefficient (Wildman–Crippen LogP) is 2.70. The van der Waals surface area contributed by atoms with E-state index in [4.69, 9.17) is 0 Å². The van der Waals surface area contributed by atoms with Gasteiger partial charge in [0.2, 0.25) is 5.91 Å². The molecule has 1 atom stereocenters. The van der Waals surface area contributed by atoms with Crippen LogP contribution in [-0.2, 0) is 24.2 Å². The molecule has 6 nitrogen and oxygen atoms in total. The molecule has 2 saturated heterocycles. The van der Waals surface area contributed by atoms with E-state index in [1.54, 1.807) is 0 Å². The van der Waals surface area contributed by atoms with Gasteiger partial charge in [0.15, 0.2) is 5.69 Å². The second-order valence-corrected chi connectivity index (χ2v) is 8.29. The lowest BCUT2D eigenvalue weighted by atomic mass is 9.85. The molecule has 0 saturated carbocycles. The molecule has 0 bridgehead atoms. The van der Waals surface area contributed by atoms with E-state index in [2.05, 4.69) is 22.3 Å². The van der Waals surface area contributed by atoms with Gasteiger partial charge in [0.05, 0.1) is 0 Å². The van der Waals surface area contributed by atoms with Crippen molar-refractivity contribution in [3.8, 4) is 0 Å². The topological polar surface area (TPSA) is 69.3 Å². The summed E-state index contributed by atoms with van der Waals surface area (Å²) in [6.07, 6.45) is 6.26. The first-order valence-corrected chi connectivity index (χ1v) is 10.4. The van der Waals surface area contributed by atoms with E-state index in [1.807, 2.05) is 28.0 Å². The molecule has 146 valence electrons. The van der Waals surface area contributed by atoms with Crippen LogP contribution in [0.15, 0.2) is 30.3 Å². The Labute approximate surface area is 164 Å². The number of piperidine rings is 1. The van der Waals surface area contributed by atoms with Crippen molar-refractivity contribution in [2.75, 3.05) is 13.1 Å². The third-order valence-electron chi connectivity index (χ3n) is 6.66. The van der Waals surface area contributed by atoms with Crippen molar-refractivity contribution in [3.05, 3.63) is 52.8 Å². The number of hydrogen-bond acceptors (Lipinski definition) is 3. The Morgan fingerprint density at radius 1 is 1.07 bits per heavy atom. The lowest BCUT2D eigenvalue weighted by molar-refractivity contribution is -0.146. The highest BCUT2D eigenvalue weighted by molar-refractivity contribution is 6.00. The molecular weight excluding hydrogens is 352 g/mol. The largest absolute Gasteiger partial charge is 0.336 e. The minimum absolute atomic E-state index is 0.0631. The number of amides is 2. The molecular formula is C22H26N4O2. The van der Waals surface area contributed by atoms with Crippen LogP contribution < -0.4 is 0 Å². The Bertz CT molecular complexity index is 907. The summed E-state index contributed by atoms with van der Waals surface area (Å²) >= 11 is 0. The molecule has 1 aromatic heterocycles. The lowest BCUT2D eigenvalue weighted by Gasteiger charge is -2.44. The van der Waals surface area contributed by atoms with Crippen LogP contribution in [0.1, 0.15) is 59.4 Å². The van der Waals surface area contributed by atoms with E-state index in [9.17, 15) is 9.59 Å². The third-order valence-corrected chi connectivity index (χ3v) is 6.66. The van der Waals surface area contributed by atoms with Crippen molar-refractivity contribution in [1.82, 2.24) is 20.0 Å². The maximum absolute atomic E-state index is 13.6. The zero-order valence-electron chi connectivity index (χ0n) is 16.1. The first-order chi connectivity index (χ1) is 13.7. The number of nitrogens with zero attached hydrogens (tertiary/aromatic N) is 3. The molecule has 1 aliphatic carbocycles. The predicted molar refractivity (Wildman–Crippen MR) is 105 cm³/mol. The molecule has 2 fully saturated rings. The van der Waals surface area contributed by atoms with Crippen molar-refractivity contribution < 1.29 is 9.59 Å². The van der Waals surface area contributed by atoms with Crippen LogP contribution in [0.5, 0.6) is 0 Å². The number of nitrogens with one attached hydrogen (secondary N) is 1. The summed E-state index contributed by atoms with van der Waals surface area (Å²) in [4.78, 5) is 30.8. The van der Waals surface area contributed by atoms with Crippen molar-refractivity contribution in [2.24, 2.45) is 0 Å². The average Bonchev–Trinajstić information content (AvgIpc) is 3.42. The Kier molecular flexibility index (Phi) is 4.22. The van der Waals surface area contributed by atoms with E-state index in [1.165, 1.54) is 0 Å². The molecule has 2 aliphatic heterocycles. The van der Waals surface area contributed by atoms with Gasteiger partial charge in [0, 0.05) is 30.9 Å². The molecule has 3 heterocycles. The number of fused-ring (bicyclic) bond motifs is 1. The van der Waals surface area contributed by atoms with Gasteiger partial charge in [-0.2, -0.15) is 5.10 Å². The summed E-state index contributed by atoms with van der Waals surface area (Å²) in [6.45, 7) is 2.02. The molecule has 1 spiro atoms. The van der Waals surface area contributed by atoms with Crippen LogP contribution in [-0.4, -0.2) is 50.4 Å². The molecule has 1 N–H and O–H groups in total. The number of carbonyl (C=O) groups is 2. The summed E-state index contributed by atoms with van der Waals surface area (Å²) in [6, 6.07) is 10.1. The summed E-state index contributed by atoms with van der Waals surface area (Å²) in [5, 5.41) is 7.37. The second kappa shape index (κ2) is 6.76. The zero-order valence-corrected chi connectivity index (χ0v) is 16.1. The Morgan fingerprint density at radius 3 is 2.68 bits per heavy atom. The summed E-state index contributed by atoms with van der Waals surface area (Å²) in [5.74, 6) is 0.0486. The van der Waals surface area contributed by atoms with E-state index in [0.717, 1.165) is 68.3 Å². The van der Waals surface area contributed by atoms with E-state index >= 15 is 0 Å². The fourth-order valence-electron chi connectivity index (χ4n) is 5.30. The van der Waals surface area contributed by atoms with Gasteiger partial charge < -0.3 is 9.80 Å². The molecule has 5 rings (SSSR count). The quantitative estimate of drug-likeness (QED) is 0.893. The zero-order chi connectivity index (χ0) is 19.1. The van der Waals surface area contributed by atoms with Crippen molar-refractivity contribution in [1.29, 1.82) is 0 Å². The Balaban J connectivity index is 1.42. The number of rotatable bonds is 3. The summed E-state index contributed by atoms with van der Waals surface area (Å²) in [5.41, 5.74) is 3.15. The number of aromatic amines is 1. The number of aromatic nitrogens is 2. The maximum Gasteiger partial charge on any atom is 0.275 e. The molecule has 6 heteroatoms. The highest BCUT2D eigenvalue weighted by Crippen LogP contribution is 2.40. The van der Waals surface area contributed by atoms with Crippen LogP contribution in [0, 0.1) is 0 Å². The van der Waals surface area contributed by atoms with Gasteiger partial charge in [0.25, 0.3) is 5.91 Å². The molecule has 0 radical (unpaired) electrons. The van der Waals surface area contributed by atoms with Crippen LogP contribution in [0.2, 0.25) is 0 Å². The van der Waals surface area contributed by atoms with E-state index in [0.29, 0.717) is 18.8 Å². The second-order valence-electron chi connectivity index (χ2n) is 8.29. The molecule has 28 heavy (non-hydrogen) atoms. The van der Waals surface area contributed by atoms with Crippen molar-refractivity contribution in [3.63, 3.8) is 0 Å². The van der Waals surface area contributed by atoms with Crippen molar-refractivity contribution >= 4 is 11.8 Å². The van der Waals surface area contributed by atoms with Gasteiger partial charge in [-0.05, 0) is 50.5 Å². The number of hydrogen-bond donors (Lipinski definition) is 1. The van der Waals surface area contributed by atoms with Crippen LogP contribution in [0.3, 0.4) is 0 Å². The lowest BCUT2D eigenvalue weighted by Crippen LogP contribution is -2.61. The van der Waals surface area contributed by atoms with E-state index in [-0.39, 0.29) is 11.8 Å². The van der Waals surface area contributed by atoms with E-state index < -0.39 is 5.54 Å². The number of aryl methyl sites for hydroxylation is 1. The normalized spacial score (nSPS) is 24.2. The first-order valence-electron chi connectivity index (χ1n) is 10.4. The standard InChI is InChI=1S/C22H26N4O2/c27-20(19-17-9-4-10-18(17)23-24-19)26-14-6-12-22(26)11-5-13-25(21(22)28)15-16-7-2-1-3-8-16/h1-3,7-8H,4-6,9-15H2,(H,23,24). The fraction of sp³-hybridized carbons (Fsp3) is 0.500. The maximum atomic E-state index is 13.6.